The summed E-state index contributed by atoms with van der Waals surface area (Å²) in [6.07, 6.45) is 3.10. The Kier molecular flexibility index (Phi) is 4.29. The lowest BCUT2D eigenvalue weighted by Crippen LogP contribution is -2.06. The molecule has 1 aromatic rings. The molecule has 0 saturated carbocycles. The average Bonchev–Trinajstić information content (AvgIpc) is 2.17. The normalized spacial score (nSPS) is 11.1. The largest absolute Gasteiger partial charge is 0.423 e. The van der Waals surface area contributed by atoms with Gasteiger partial charge in [0.25, 0.3) is 0 Å². The predicted molar refractivity (Wildman–Crippen MR) is 65.7 cm³/mol. The summed E-state index contributed by atoms with van der Waals surface area (Å²) in [5.74, 6) is 0.683. The number of esters is 1. The van der Waals surface area contributed by atoms with E-state index >= 15 is 0 Å². The van der Waals surface area contributed by atoms with Crippen LogP contribution >= 0.6 is 0 Å². The molecule has 0 fully saturated rings. The van der Waals surface area contributed by atoms with Gasteiger partial charge in [-0.15, -0.1) is 0 Å². The van der Waals surface area contributed by atoms with Gasteiger partial charge in [-0.25, -0.2) is 4.79 Å². The Bertz CT molecular complexity index is 403. The number of aryl methyl sites for hydroxylation is 1. The molecule has 0 aliphatic heterocycles. The van der Waals surface area contributed by atoms with Gasteiger partial charge in [-0.3, -0.25) is 0 Å². The van der Waals surface area contributed by atoms with E-state index in [9.17, 15) is 4.79 Å². The van der Waals surface area contributed by atoms with Gasteiger partial charge in [0, 0.05) is 6.08 Å². The lowest BCUT2D eigenvalue weighted by molar-refractivity contribution is -0.129. The Morgan fingerprint density at radius 3 is 2.62 bits per heavy atom. The van der Waals surface area contributed by atoms with Gasteiger partial charge in [0.15, 0.2) is 0 Å². The number of ether oxygens (including phenoxy) is 1. The number of rotatable bonds is 3. The third kappa shape index (κ3) is 3.23. The summed E-state index contributed by atoms with van der Waals surface area (Å²) in [6.45, 7) is 7.94. The maximum absolute atomic E-state index is 11.4. The van der Waals surface area contributed by atoms with Crippen LogP contribution in [-0.4, -0.2) is 5.97 Å². The van der Waals surface area contributed by atoms with Crippen molar-refractivity contribution in [3.63, 3.8) is 0 Å². The van der Waals surface area contributed by atoms with Crippen LogP contribution in [0.5, 0.6) is 5.75 Å². The molecular weight excluding hydrogens is 200 g/mol. The smallest absolute Gasteiger partial charge is 0.335 e. The summed E-state index contributed by atoms with van der Waals surface area (Å²) in [5.41, 5.74) is 2.15. The van der Waals surface area contributed by atoms with Crippen LogP contribution in [0.3, 0.4) is 0 Å². The fraction of sp³-hybridized carbons (Fsp3) is 0.357. The van der Waals surface area contributed by atoms with Crippen LogP contribution in [0.15, 0.2) is 30.4 Å². The minimum atomic E-state index is -0.324. The molecule has 2 heteroatoms. The molecule has 0 saturated heterocycles. The molecule has 0 aromatic heterocycles. The van der Waals surface area contributed by atoms with Gasteiger partial charge in [0.2, 0.25) is 0 Å². The van der Waals surface area contributed by atoms with Crippen LogP contribution in [0.25, 0.3) is 0 Å². The van der Waals surface area contributed by atoms with E-state index in [1.54, 1.807) is 13.0 Å². The third-order valence-electron chi connectivity index (χ3n) is 2.30. The SMILES string of the molecule is C/C=C/C(=O)Oc1cc(C)ccc1C(C)C. The van der Waals surface area contributed by atoms with Crippen LogP contribution in [0.1, 0.15) is 37.8 Å². The molecule has 1 rings (SSSR count). The predicted octanol–water partition coefficient (Wildman–Crippen LogP) is 3.60. The number of carbonyl (C=O) groups is 1. The van der Waals surface area contributed by atoms with Gasteiger partial charge in [-0.05, 0) is 37.0 Å². The maximum atomic E-state index is 11.4. The lowest BCUT2D eigenvalue weighted by Gasteiger charge is -2.12. The van der Waals surface area contributed by atoms with Crippen LogP contribution < -0.4 is 4.74 Å². The molecule has 86 valence electrons. The Morgan fingerprint density at radius 1 is 1.38 bits per heavy atom. The quantitative estimate of drug-likeness (QED) is 0.440. The molecule has 0 amide bonds. The zero-order valence-corrected chi connectivity index (χ0v) is 10.3. The first-order chi connectivity index (χ1) is 7.54. The highest BCUT2D eigenvalue weighted by atomic mass is 16.5. The van der Waals surface area contributed by atoms with Crippen molar-refractivity contribution in [2.24, 2.45) is 0 Å². The van der Waals surface area contributed by atoms with Crippen molar-refractivity contribution in [3.05, 3.63) is 41.5 Å². The van der Waals surface area contributed by atoms with Crippen LogP contribution in [0, 0.1) is 6.92 Å². The van der Waals surface area contributed by atoms with E-state index in [2.05, 4.69) is 13.8 Å². The first kappa shape index (κ1) is 12.5. The minimum absolute atomic E-state index is 0.324. The van der Waals surface area contributed by atoms with E-state index in [0.29, 0.717) is 11.7 Å². The van der Waals surface area contributed by atoms with E-state index in [0.717, 1.165) is 11.1 Å². The molecule has 0 unspecified atom stereocenters. The Labute approximate surface area is 96.9 Å². The highest BCUT2D eigenvalue weighted by Crippen LogP contribution is 2.27. The second-order valence-corrected chi connectivity index (χ2v) is 4.12. The van der Waals surface area contributed by atoms with Crippen LogP contribution in [0.4, 0.5) is 0 Å². The Hall–Kier alpha value is -1.57. The van der Waals surface area contributed by atoms with Gasteiger partial charge in [-0.1, -0.05) is 32.1 Å². The van der Waals surface area contributed by atoms with Gasteiger partial charge < -0.3 is 4.74 Å². The van der Waals surface area contributed by atoms with E-state index in [4.69, 9.17) is 4.74 Å². The second-order valence-electron chi connectivity index (χ2n) is 4.12. The fourth-order valence-corrected chi connectivity index (χ4v) is 1.49. The van der Waals surface area contributed by atoms with E-state index < -0.39 is 0 Å². The average molecular weight is 218 g/mol. The number of hydrogen-bond acceptors (Lipinski definition) is 2. The zero-order chi connectivity index (χ0) is 12.1. The molecule has 2 nitrogen and oxygen atoms in total. The van der Waals surface area contributed by atoms with Gasteiger partial charge in [0.05, 0.1) is 0 Å². The summed E-state index contributed by atoms with van der Waals surface area (Å²) in [6, 6.07) is 5.94. The van der Waals surface area contributed by atoms with E-state index in [1.165, 1.54) is 6.08 Å². The second kappa shape index (κ2) is 5.50. The standard InChI is InChI=1S/C14H18O2/c1-5-6-14(15)16-13-9-11(4)7-8-12(13)10(2)3/h5-10H,1-4H3/b6-5+. The Morgan fingerprint density at radius 2 is 2.06 bits per heavy atom. The third-order valence-corrected chi connectivity index (χ3v) is 2.30. The maximum Gasteiger partial charge on any atom is 0.335 e. The van der Waals surface area contributed by atoms with Crippen molar-refractivity contribution in [3.8, 4) is 5.75 Å². The number of benzene rings is 1. The van der Waals surface area contributed by atoms with Crippen molar-refractivity contribution in [2.45, 2.75) is 33.6 Å². The van der Waals surface area contributed by atoms with Crippen LogP contribution in [0.2, 0.25) is 0 Å². The Balaban J connectivity index is 3.01. The van der Waals surface area contributed by atoms with Crippen molar-refractivity contribution in [1.29, 1.82) is 0 Å². The fourth-order valence-electron chi connectivity index (χ4n) is 1.49. The lowest BCUT2D eigenvalue weighted by atomic mass is 10.0. The molecule has 0 heterocycles. The molecule has 16 heavy (non-hydrogen) atoms. The molecule has 0 N–H and O–H groups in total. The number of carbonyl (C=O) groups excluding carboxylic acids is 1. The topological polar surface area (TPSA) is 26.3 Å². The number of allylic oxidation sites excluding steroid dienone is 1. The summed E-state index contributed by atoms with van der Waals surface area (Å²) < 4.78 is 5.30. The molecule has 0 bridgehead atoms. The summed E-state index contributed by atoms with van der Waals surface area (Å²) in [4.78, 5) is 11.4. The molecule has 0 atom stereocenters. The van der Waals surface area contributed by atoms with Crippen molar-refractivity contribution >= 4 is 5.97 Å². The highest BCUT2D eigenvalue weighted by molar-refractivity contribution is 5.84. The molecule has 0 spiro atoms. The minimum Gasteiger partial charge on any atom is -0.423 e. The van der Waals surface area contributed by atoms with E-state index in [1.807, 2.05) is 25.1 Å². The molecule has 0 radical (unpaired) electrons. The van der Waals surface area contributed by atoms with Gasteiger partial charge in [-0.2, -0.15) is 0 Å². The van der Waals surface area contributed by atoms with Crippen LogP contribution in [-0.2, 0) is 4.79 Å². The van der Waals surface area contributed by atoms with E-state index in [-0.39, 0.29) is 5.97 Å². The highest BCUT2D eigenvalue weighted by Gasteiger charge is 2.10. The molecule has 0 aliphatic rings. The van der Waals surface area contributed by atoms with Crippen molar-refractivity contribution < 1.29 is 9.53 Å². The first-order valence-electron chi connectivity index (χ1n) is 5.49. The molecule has 0 aliphatic carbocycles. The molecular formula is C14H18O2. The summed E-state index contributed by atoms with van der Waals surface area (Å²) in [5, 5.41) is 0. The summed E-state index contributed by atoms with van der Waals surface area (Å²) >= 11 is 0. The van der Waals surface area contributed by atoms with Crippen molar-refractivity contribution in [1.82, 2.24) is 0 Å². The monoisotopic (exact) mass is 218 g/mol. The zero-order valence-electron chi connectivity index (χ0n) is 10.3. The number of hydrogen-bond donors (Lipinski definition) is 0. The van der Waals surface area contributed by atoms with Gasteiger partial charge in [0.1, 0.15) is 5.75 Å². The van der Waals surface area contributed by atoms with Crippen molar-refractivity contribution in [2.75, 3.05) is 0 Å². The molecule has 1 aromatic carbocycles. The van der Waals surface area contributed by atoms with Gasteiger partial charge >= 0.3 is 5.97 Å². The first-order valence-corrected chi connectivity index (χ1v) is 5.49. The summed E-state index contributed by atoms with van der Waals surface area (Å²) in [7, 11) is 0.